The van der Waals surface area contributed by atoms with Crippen molar-refractivity contribution in [3.8, 4) is 0 Å². The molecule has 1 aromatic heterocycles. The summed E-state index contributed by atoms with van der Waals surface area (Å²) in [6.07, 6.45) is 5.52. The van der Waals surface area contributed by atoms with Crippen LogP contribution in [-0.4, -0.2) is 23.6 Å². The molecule has 17 heavy (non-hydrogen) atoms. The number of rotatable bonds is 2. The maximum atomic E-state index is 4.75. The summed E-state index contributed by atoms with van der Waals surface area (Å²) in [5.74, 6) is 1.72. The molecule has 0 saturated heterocycles. The summed E-state index contributed by atoms with van der Waals surface area (Å²) in [5, 5.41) is 3.26. The predicted molar refractivity (Wildman–Crippen MR) is 70.2 cm³/mol. The van der Waals surface area contributed by atoms with E-state index in [1.165, 1.54) is 17.7 Å². The molecule has 1 unspecified atom stereocenters. The van der Waals surface area contributed by atoms with Crippen LogP contribution in [0.15, 0.2) is 6.20 Å². The van der Waals surface area contributed by atoms with E-state index in [1.807, 2.05) is 13.2 Å². The molecule has 2 rings (SSSR count). The normalized spacial score (nSPS) is 20.1. The van der Waals surface area contributed by atoms with Gasteiger partial charge in [0.2, 0.25) is 0 Å². The van der Waals surface area contributed by atoms with Gasteiger partial charge >= 0.3 is 0 Å². The van der Waals surface area contributed by atoms with Gasteiger partial charge in [0, 0.05) is 17.3 Å². The van der Waals surface area contributed by atoms with Crippen LogP contribution in [0.3, 0.4) is 0 Å². The summed E-state index contributed by atoms with van der Waals surface area (Å²) in [4.78, 5) is 9.27. The van der Waals surface area contributed by atoms with Gasteiger partial charge in [-0.15, -0.1) is 0 Å². The van der Waals surface area contributed by atoms with Crippen LogP contribution in [0.25, 0.3) is 0 Å². The second-order valence-electron chi connectivity index (χ2n) is 6.08. The highest BCUT2D eigenvalue weighted by Gasteiger charge is 2.23. The summed E-state index contributed by atoms with van der Waals surface area (Å²) < 4.78 is 0. The van der Waals surface area contributed by atoms with E-state index < -0.39 is 0 Å². The van der Waals surface area contributed by atoms with Crippen molar-refractivity contribution in [2.24, 2.45) is 5.92 Å². The molecular weight excluding hydrogens is 210 g/mol. The topological polar surface area (TPSA) is 37.8 Å². The Labute approximate surface area is 104 Å². The molecule has 94 valence electrons. The van der Waals surface area contributed by atoms with Crippen molar-refractivity contribution >= 4 is 0 Å². The SMILES string of the molecule is CNCC1CCc2nc(C(C)(C)C)ncc2C1. The zero-order valence-electron chi connectivity index (χ0n) is 11.4. The highest BCUT2D eigenvalue weighted by molar-refractivity contribution is 5.23. The number of nitrogens with zero attached hydrogens (tertiary/aromatic N) is 2. The molecule has 0 aromatic carbocycles. The van der Waals surface area contributed by atoms with Crippen LogP contribution in [0, 0.1) is 5.92 Å². The highest BCUT2D eigenvalue weighted by Crippen LogP contribution is 2.26. The van der Waals surface area contributed by atoms with Gasteiger partial charge in [-0.25, -0.2) is 9.97 Å². The van der Waals surface area contributed by atoms with Crippen LogP contribution in [0.5, 0.6) is 0 Å². The lowest BCUT2D eigenvalue weighted by Gasteiger charge is -2.25. The van der Waals surface area contributed by atoms with Gasteiger partial charge in [-0.05, 0) is 44.3 Å². The monoisotopic (exact) mass is 233 g/mol. The van der Waals surface area contributed by atoms with Crippen LogP contribution in [0.1, 0.15) is 44.3 Å². The van der Waals surface area contributed by atoms with E-state index in [1.54, 1.807) is 0 Å². The molecule has 0 fully saturated rings. The van der Waals surface area contributed by atoms with Crippen molar-refractivity contribution in [3.63, 3.8) is 0 Å². The average molecular weight is 233 g/mol. The molecule has 3 nitrogen and oxygen atoms in total. The van der Waals surface area contributed by atoms with Crippen molar-refractivity contribution in [2.45, 2.75) is 45.4 Å². The van der Waals surface area contributed by atoms with E-state index in [2.05, 4.69) is 31.1 Å². The Morgan fingerprint density at radius 3 is 2.82 bits per heavy atom. The zero-order valence-corrected chi connectivity index (χ0v) is 11.4. The van der Waals surface area contributed by atoms with Gasteiger partial charge in [0.05, 0.1) is 0 Å². The van der Waals surface area contributed by atoms with E-state index >= 15 is 0 Å². The fourth-order valence-electron chi connectivity index (χ4n) is 2.41. The Balaban J connectivity index is 2.20. The Bertz CT molecular complexity index is 393. The largest absolute Gasteiger partial charge is 0.319 e. The standard InChI is InChI=1S/C14H23N3/c1-14(2,3)13-16-9-11-7-10(8-15-4)5-6-12(11)17-13/h9-10,15H,5-8H2,1-4H3. The summed E-state index contributed by atoms with van der Waals surface area (Å²) >= 11 is 0. The summed E-state index contributed by atoms with van der Waals surface area (Å²) in [6.45, 7) is 7.60. The molecule has 3 heteroatoms. The van der Waals surface area contributed by atoms with Gasteiger partial charge in [-0.1, -0.05) is 20.8 Å². The minimum Gasteiger partial charge on any atom is -0.319 e. The zero-order chi connectivity index (χ0) is 12.5. The third-order valence-corrected chi connectivity index (χ3v) is 3.42. The first-order valence-corrected chi connectivity index (χ1v) is 6.50. The molecule has 0 bridgehead atoms. The second kappa shape index (κ2) is 4.73. The minimum atomic E-state index is 0.0524. The van der Waals surface area contributed by atoms with Crippen LogP contribution < -0.4 is 5.32 Å². The van der Waals surface area contributed by atoms with Crippen molar-refractivity contribution in [1.82, 2.24) is 15.3 Å². The predicted octanol–water partition coefficient (Wildman–Crippen LogP) is 2.10. The Morgan fingerprint density at radius 2 is 2.18 bits per heavy atom. The molecule has 1 aromatic rings. The third-order valence-electron chi connectivity index (χ3n) is 3.42. The molecule has 1 N–H and O–H groups in total. The quantitative estimate of drug-likeness (QED) is 0.850. The van der Waals surface area contributed by atoms with Gasteiger partial charge in [0.25, 0.3) is 0 Å². The van der Waals surface area contributed by atoms with Gasteiger partial charge < -0.3 is 5.32 Å². The van der Waals surface area contributed by atoms with E-state index in [-0.39, 0.29) is 5.41 Å². The lowest BCUT2D eigenvalue weighted by Crippen LogP contribution is -2.27. The molecule has 0 spiro atoms. The molecule has 1 aliphatic rings. The van der Waals surface area contributed by atoms with Crippen molar-refractivity contribution in [3.05, 3.63) is 23.3 Å². The fourth-order valence-corrected chi connectivity index (χ4v) is 2.41. The first-order valence-electron chi connectivity index (χ1n) is 6.50. The molecule has 1 aliphatic carbocycles. The number of hydrogen-bond acceptors (Lipinski definition) is 3. The third kappa shape index (κ3) is 2.83. The van der Waals surface area contributed by atoms with Gasteiger partial charge in [0.1, 0.15) is 5.82 Å². The fraction of sp³-hybridized carbons (Fsp3) is 0.714. The van der Waals surface area contributed by atoms with Crippen molar-refractivity contribution in [2.75, 3.05) is 13.6 Å². The maximum Gasteiger partial charge on any atom is 0.133 e. The summed E-state index contributed by atoms with van der Waals surface area (Å²) in [5.41, 5.74) is 2.68. The maximum absolute atomic E-state index is 4.75. The van der Waals surface area contributed by atoms with Gasteiger partial charge in [-0.2, -0.15) is 0 Å². The molecule has 0 saturated carbocycles. The number of fused-ring (bicyclic) bond motifs is 1. The van der Waals surface area contributed by atoms with Crippen LogP contribution in [0.4, 0.5) is 0 Å². The molecular formula is C14H23N3. The summed E-state index contributed by atoms with van der Waals surface area (Å²) in [6, 6.07) is 0. The number of aryl methyl sites for hydroxylation is 1. The number of aromatic nitrogens is 2. The van der Waals surface area contributed by atoms with Crippen LogP contribution in [-0.2, 0) is 18.3 Å². The lowest BCUT2D eigenvalue weighted by molar-refractivity contribution is 0.429. The van der Waals surface area contributed by atoms with Gasteiger partial charge in [-0.3, -0.25) is 0 Å². The van der Waals surface area contributed by atoms with Crippen LogP contribution in [0.2, 0.25) is 0 Å². The van der Waals surface area contributed by atoms with Crippen molar-refractivity contribution < 1.29 is 0 Å². The Hall–Kier alpha value is -0.960. The number of nitrogens with one attached hydrogen (secondary N) is 1. The van der Waals surface area contributed by atoms with Gasteiger partial charge in [0.15, 0.2) is 0 Å². The first kappa shape index (κ1) is 12.5. The van der Waals surface area contributed by atoms with Crippen molar-refractivity contribution in [1.29, 1.82) is 0 Å². The minimum absolute atomic E-state index is 0.0524. The molecule has 0 amide bonds. The highest BCUT2D eigenvalue weighted by atomic mass is 14.9. The molecule has 1 heterocycles. The smallest absolute Gasteiger partial charge is 0.133 e. The summed E-state index contributed by atoms with van der Waals surface area (Å²) in [7, 11) is 2.02. The van der Waals surface area contributed by atoms with E-state index in [0.717, 1.165) is 31.1 Å². The Morgan fingerprint density at radius 1 is 1.41 bits per heavy atom. The Kier molecular flexibility index (Phi) is 3.48. The van der Waals surface area contributed by atoms with E-state index in [4.69, 9.17) is 4.98 Å². The average Bonchev–Trinajstić information content (AvgIpc) is 2.27. The van der Waals surface area contributed by atoms with E-state index in [9.17, 15) is 0 Å². The second-order valence-corrected chi connectivity index (χ2v) is 6.08. The number of hydrogen-bond donors (Lipinski definition) is 1. The first-order chi connectivity index (χ1) is 8.00. The molecule has 1 atom stereocenters. The molecule has 0 radical (unpaired) electrons. The molecule has 0 aliphatic heterocycles. The lowest BCUT2D eigenvalue weighted by atomic mass is 9.86. The van der Waals surface area contributed by atoms with Crippen LogP contribution >= 0.6 is 0 Å². The van der Waals surface area contributed by atoms with E-state index in [0.29, 0.717) is 0 Å².